The number of aromatic hydroxyl groups is 3. The van der Waals surface area contributed by atoms with Crippen molar-refractivity contribution < 1.29 is 15.3 Å². The summed E-state index contributed by atoms with van der Waals surface area (Å²) in [7, 11) is 0. The van der Waals surface area contributed by atoms with Gasteiger partial charge in [-0.1, -0.05) is 24.3 Å². The average molecular weight is 348 g/mol. The van der Waals surface area contributed by atoms with Crippen molar-refractivity contribution in [2.75, 3.05) is 0 Å². The summed E-state index contributed by atoms with van der Waals surface area (Å²) >= 11 is 0. The normalized spacial score (nSPS) is 11.1. The van der Waals surface area contributed by atoms with Crippen LogP contribution in [0, 0.1) is 27.7 Å². The quantitative estimate of drug-likeness (QED) is 0.569. The van der Waals surface area contributed by atoms with Gasteiger partial charge in [-0.15, -0.1) is 0 Å². The molecular weight excluding hydrogens is 324 g/mol. The lowest BCUT2D eigenvalue weighted by atomic mass is 9.80. The Morgan fingerprint density at radius 3 is 1.38 bits per heavy atom. The third-order valence-electron chi connectivity index (χ3n) is 4.98. The van der Waals surface area contributed by atoms with Crippen LogP contribution in [0.15, 0.2) is 48.5 Å². The zero-order chi connectivity index (χ0) is 19.0. The molecule has 0 bridgehead atoms. The van der Waals surface area contributed by atoms with Crippen molar-refractivity contribution in [1.82, 2.24) is 0 Å². The molecule has 0 spiro atoms. The third kappa shape index (κ3) is 3.25. The van der Waals surface area contributed by atoms with Crippen molar-refractivity contribution in [3.8, 4) is 17.2 Å². The topological polar surface area (TPSA) is 60.7 Å². The number of hydrogen-bond acceptors (Lipinski definition) is 3. The van der Waals surface area contributed by atoms with E-state index in [2.05, 4.69) is 0 Å². The predicted molar refractivity (Wildman–Crippen MR) is 104 cm³/mol. The van der Waals surface area contributed by atoms with Gasteiger partial charge in [-0.25, -0.2) is 0 Å². The van der Waals surface area contributed by atoms with E-state index >= 15 is 0 Å². The van der Waals surface area contributed by atoms with E-state index in [0.717, 1.165) is 38.9 Å². The standard InChI is InChI=1S/C23H24O3/c1-13-11-18(24)5-7-20(13)22(21-8-6-19(25)12-14(21)2)17-9-15(3)23(26)16(4)10-17/h5-12,22,24-26H,1-4H3. The summed E-state index contributed by atoms with van der Waals surface area (Å²) < 4.78 is 0. The molecule has 0 saturated carbocycles. The fraction of sp³-hybridized carbons (Fsp3) is 0.217. The minimum Gasteiger partial charge on any atom is -0.508 e. The molecule has 0 amide bonds. The van der Waals surface area contributed by atoms with Crippen molar-refractivity contribution in [2.45, 2.75) is 33.6 Å². The highest BCUT2D eigenvalue weighted by Gasteiger charge is 2.22. The second-order valence-corrected chi connectivity index (χ2v) is 7.02. The number of phenolic OH excluding ortho intramolecular Hbond substituents is 3. The van der Waals surface area contributed by atoms with Crippen LogP contribution in [0.3, 0.4) is 0 Å². The molecule has 3 N–H and O–H groups in total. The fourth-order valence-corrected chi connectivity index (χ4v) is 3.65. The van der Waals surface area contributed by atoms with Crippen LogP contribution in [0.2, 0.25) is 0 Å². The van der Waals surface area contributed by atoms with Crippen LogP contribution in [0.1, 0.15) is 44.9 Å². The van der Waals surface area contributed by atoms with Crippen molar-refractivity contribution >= 4 is 0 Å². The van der Waals surface area contributed by atoms with Gasteiger partial charge in [0.2, 0.25) is 0 Å². The molecule has 0 atom stereocenters. The Balaban J connectivity index is 2.29. The van der Waals surface area contributed by atoms with E-state index in [-0.39, 0.29) is 17.4 Å². The molecule has 3 heteroatoms. The van der Waals surface area contributed by atoms with Gasteiger partial charge in [0.1, 0.15) is 17.2 Å². The monoisotopic (exact) mass is 348 g/mol. The number of aryl methyl sites for hydroxylation is 4. The molecule has 0 aromatic heterocycles. The van der Waals surface area contributed by atoms with Gasteiger partial charge >= 0.3 is 0 Å². The SMILES string of the molecule is Cc1cc(O)ccc1C(c1cc(C)c(O)c(C)c1)c1ccc(O)cc1C. The van der Waals surface area contributed by atoms with Crippen molar-refractivity contribution in [2.24, 2.45) is 0 Å². The van der Waals surface area contributed by atoms with Gasteiger partial charge in [0.15, 0.2) is 0 Å². The lowest BCUT2D eigenvalue weighted by Gasteiger charge is -2.24. The predicted octanol–water partition coefficient (Wildman–Crippen LogP) is 5.22. The van der Waals surface area contributed by atoms with Crippen molar-refractivity contribution in [3.05, 3.63) is 87.5 Å². The molecule has 0 aliphatic heterocycles. The second kappa shape index (κ2) is 6.75. The Bertz CT molecular complexity index is 899. The maximum absolute atomic E-state index is 10.2. The van der Waals surface area contributed by atoms with Gasteiger partial charge in [0, 0.05) is 5.92 Å². The van der Waals surface area contributed by atoms with Gasteiger partial charge in [-0.3, -0.25) is 0 Å². The molecular formula is C23H24O3. The van der Waals surface area contributed by atoms with Gasteiger partial charge < -0.3 is 15.3 Å². The smallest absolute Gasteiger partial charge is 0.121 e. The summed E-state index contributed by atoms with van der Waals surface area (Å²) in [5.74, 6) is 0.738. The summed E-state index contributed by atoms with van der Waals surface area (Å²) in [4.78, 5) is 0. The lowest BCUT2D eigenvalue weighted by molar-refractivity contribution is 0.466. The number of hydrogen-bond donors (Lipinski definition) is 3. The minimum atomic E-state index is -0.0609. The van der Waals surface area contributed by atoms with E-state index in [4.69, 9.17) is 0 Å². The van der Waals surface area contributed by atoms with E-state index in [1.165, 1.54) is 0 Å². The molecule has 0 aliphatic rings. The molecule has 0 aliphatic carbocycles. The number of phenols is 3. The van der Waals surface area contributed by atoms with E-state index in [9.17, 15) is 15.3 Å². The molecule has 0 unspecified atom stereocenters. The van der Waals surface area contributed by atoms with E-state index in [0.29, 0.717) is 5.75 Å². The third-order valence-corrected chi connectivity index (χ3v) is 4.98. The lowest BCUT2D eigenvalue weighted by Crippen LogP contribution is -2.08. The van der Waals surface area contributed by atoms with Crippen LogP contribution in [0.5, 0.6) is 17.2 Å². The summed E-state index contributed by atoms with van der Waals surface area (Å²) in [5, 5.41) is 29.8. The zero-order valence-corrected chi connectivity index (χ0v) is 15.5. The Morgan fingerprint density at radius 1 is 0.577 bits per heavy atom. The van der Waals surface area contributed by atoms with Crippen LogP contribution < -0.4 is 0 Å². The Morgan fingerprint density at radius 2 is 1.00 bits per heavy atom. The Hall–Kier alpha value is -2.94. The van der Waals surface area contributed by atoms with Crippen molar-refractivity contribution in [1.29, 1.82) is 0 Å². The second-order valence-electron chi connectivity index (χ2n) is 7.02. The van der Waals surface area contributed by atoms with Crippen LogP contribution in [-0.4, -0.2) is 15.3 Å². The molecule has 3 aromatic carbocycles. The minimum absolute atomic E-state index is 0.0609. The van der Waals surface area contributed by atoms with Crippen LogP contribution in [0.4, 0.5) is 0 Å². The van der Waals surface area contributed by atoms with Gasteiger partial charge in [-0.05, 0) is 90.9 Å². The molecule has 134 valence electrons. The van der Waals surface area contributed by atoms with E-state index < -0.39 is 0 Å². The largest absolute Gasteiger partial charge is 0.508 e. The summed E-state index contributed by atoms with van der Waals surface area (Å²) in [6, 6.07) is 14.8. The van der Waals surface area contributed by atoms with E-state index in [1.54, 1.807) is 24.3 Å². The van der Waals surface area contributed by atoms with E-state index in [1.807, 2.05) is 52.0 Å². The highest BCUT2D eigenvalue weighted by atomic mass is 16.3. The first kappa shape index (κ1) is 17.9. The first-order valence-corrected chi connectivity index (χ1v) is 8.67. The highest BCUT2D eigenvalue weighted by Crippen LogP contribution is 2.39. The summed E-state index contributed by atoms with van der Waals surface area (Å²) in [6.45, 7) is 7.77. The van der Waals surface area contributed by atoms with Crippen LogP contribution >= 0.6 is 0 Å². The van der Waals surface area contributed by atoms with Gasteiger partial charge in [-0.2, -0.15) is 0 Å². The highest BCUT2D eigenvalue weighted by molar-refractivity contribution is 5.54. The maximum atomic E-state index is 10.2. The Labute approximate surface area is 154 Å². The average Bonchev–Trinajstić information content (AvgIpc) is 2.56. The maximum Gasteiger partial charge on any atom is 0.121 e. The summed E-state index contributed by atoms with van der Waals surface area (Å²) in [6.07, 6.45) is 0. The van der Waals surface area contributed by atoms with Crippen molar-refractivity contribution in [3.63, 3.8) is 0 Å². The molecule has 0 fully saturated rings. The molecule has 3 aromatic rings. The summed E-state index contributed by atoms with van der Waals surface area (Å²) in [5.41, 5.74) is 6.88. The zero-order valence-electron chi connectivity index (χ0n) is 15.5. The Kier molecular flexibility index (Phi) is 4.64. The first-order valence-electron chi connectivity index (χ1n) is 8.67. The molecule has 3 nitrogen and oxygen atoms in total. The molecule has 0 saturated heterocycles. The van der Waals surface area contributed by atoms with Gasteiger partial charge in [0.05, 0.1) is 0 Å². The van der Waals surface area contributed by atoms with Gasteiger partial charge in [0.25, 0.3) is 0 Å². The van der Waals surface area contributed by atoms with Crippen LogP contribution in [-0.2, 0) is 0 Å². The molecule has 26 heavy (non-hydrogen) atoms. The molecule has 0 radical (unpaired) electrons. The fourth-order valence-electron chi connectivity index (χ4n) is 3.65. The van der Waals surface area contributed by atoms with Crippen LogP contribution in [0.25, 0.3) is 0 Å². The number of benzene rings is 3. The molecule has 0 heterocycles. The number of rotatable bonds is 3. The molecule has 3 rings (SSSR count). The first-order chi connectivity index (χ1) is 12.3.